The molecule has 0 saturated heterocycles. The zero-order valence-electron chi connectivity index (χ0n) is 36.0. The van der Waals surface area contributed by atoms with Crippen LogP contribution >= 0.6 is 0 Å². The molecule has 6 rings (SSSR count). The molecular weight excluding hydrogens is 916 g/mol. The summed E-state index contributed by atoms with van der Waals surface area (Å²) in [6.45, 7) is -0.670. The van der Waals surface area contributed by atoms with E-state index in [-0.39, 0.29) is 65.0 Å². The minimum Gasteiger partial charge on any atom is -0.447 e. The third-order valence-electron chi connectivity index (χ3n) is 10.6. The molecule has 3 N–H and O–H groups in total. The van der Waals surface area contributed by atoms with E-state index in [1.165, 1.54) is 5.01 Å². The Balaban J connectivity index is 0.947. The van der Waals surface area contributed by atoms with Crippen molar-refractivity contribution in [3.05, 3.63) is 119 Å². The van der Waals surface area contributed by atoms with Crippen molar-refractivity contribution in [1.29, 1.82) is 0 Å². The maximum absolute atomic E-state index is 13.7. The largest absolute Gasteiger partial charge is 0.447 e. The van der Waals surface area contributed by atoms with E-state index in [1.807, 2.05) is 60.7 Å². The molecule has 1 aliphatic rings. The average molecular weight is 961 g/mol. The van der Waals surface area contributed by atoms with Crippen LogP contribution in [-0.2, 0) is 51.8 Å². The van der Waals surface area contributed by atoms with Gasteiger partial charge in [-0.2, -0.15) is 17.2 Å². The second-order valence-electron chi connectivity index (χ2n) is 15.1. The quantitative estimate of drug-likeness (QED) is 0.0124. The monoisotopic (exact) mass is 960 g/mol. The summed E-state index contributed by atoms with van der Waals surface area (Å²) in [6, 6.07) is 19.7. The van der Waals surface area contributed by atoms with Gasteiger partial charge in [-0.15, -0.1) is 0 Å². The van der Waals surface area contributed by atoms with E-state index in [4.69, 9.17) is 14.2 Å². The first kappa shape index (κ1) is 49.9. The number of ether oxygens (including phenoxy) is 4. The second-order valence-corrected chi connectivity index (χ2v) is 16.6. The average Bonchev–Trinajstić information content (AvgIpc) is 3.82. The molecule has 23 heteroatoms. The number of nitrogens with one attached hydrogen (secondary N) is 2. The lowest BCUT2D eigenvalue weighted by molar-refractivity contribution is -0.136. The summed E-state index contributed by atoms with van der Waals surface area (Å²) in [5, 5.41) is 8.44. The van der Waals surface area contributed by atoms with Gasteiger partial charge in [-0.3, -0.25) is 18.9 Å². The van der Waals surface area contributed by atoms with Gasteiger partial charge in [0, 0.05) is 56.8 Å². The minimum absolute atomic E-state index is 0.0206. The highest BCUT2D eigenvalue weighted by Gasteiger charge is 2.31. The molecule has 3 aromatic carbocycles. The number of esters is 1. The highest BCUT2D eigenvalue weighted by molar-refractivity contribution is 7.85. The van der Waals surface area contributed by atoms with E-state index in [2.05, 4.69) is 20.4 Å². The molecule has 0 fully saturated rings. The molecule has 2 aromatic heterocycles. The van der Waals surface area contributed by atoms with Crippen molar-refractivity contribution in [3.8, 4) is 16.9 Å². The fourth-order valence-corrected chi connectivity index (χ4v) is 7.90. The third kappa shape index (κ3) is 12.5. The molecule has 67 heavy (non-hydrogen) atoms. The van der Waals surface area contributed by atoms with Gasteiger partial charge >= 0.3 is 12.1 Å². The number of aryl methyl sites for hydroxylation is 1. The lowest BCUT2D eigenvalue weighted by atomic mass is 9.98. The number of amides is 3. The Kier molecular flexibility index (Phi) is 16.6. The Morgan fingerprint density at radius 1 is 0.821 bits per heavy atom. The molecule has 0 radical (unpaired) electrons. The van der Waals surface area contributed by atoms with Crippen LogP contribution in [0.2, 0.25) is 0 Å². The van der Waals surface area contributed by atoms with Crippen LogP contribution in [0, 0.1) is 29.1 Å². The van der Waals surface area contributed by atoms with Crippen LogP contribution in [0.15, 0.2) is 72.9 Å². The standard InChI is InChI=1S/C44H45F5N6O11S/c1-53(54(2)44(59)65-24-32-30-11-5-3-9-28(30)29-10-4-6-12-31(29)32)23-27-22-26-8-7-15-50-42(26)55(27)17-13-34(56)52-33(25-67(60,61)62)43(58)51-16-19-64-21-20-63-18-14-35(57)66-41-39(48)37(46)36(45)38(47)40(41)49/h3-12,15,22,32-33H,13-14,16-21,23-25H2,1-2H3,(H,51,58)(H,52,56)(H,60,61,62). The molecule has 1 atom stereocenters. The number of hydrogen-bond donors (Lipinski definition) is 3. The van der Waals surface area contributed by atoms with Crippen LogP contribution in [-0.4, -0.2) is 122 Å². The number of carbonyl (C=O) groups excluding carboxylic acids is 4. The third-order valence-corrected chi connectivity index (χ3v) is 11.3. The van der Waals surface area contributed by atoms with Crippen molar-refractivity contribution >= 4 is 45.0 Å². The Labute approximate surface area is 380 Å². The summed E-state index contributed by atoms with van der Waals surface area (Å²) >= 11 is 0. The summed E-state index contributed by atoms with van der Waals surface area (Å²) in [6.07, 6.45) is 0.0949. The van der Waals surface area contributed by atoms with Gasteiger partial charge in [0.05, 0.1) is 39.4 Å². The zero-order chi connectivity index (χ0) is 48.4. The van der Waals surface area contributed by atoms with E-state index in [1.54, 1.807) is 35.9 Å². The lowest BCUT2D eigenvalue weighted by Crippen LogP contribution is -2.51. The number of pyridine rings is 1. The minimum atomic E-state index is -4.76. The number of rotatable bonds is 22. The Morgan fingerprint density at radius 2 is 1.43 bits per heavy atom. The van der Waals surface area contributed by atoms with Crippen LogP contribution in [0.25, 0.3) is 22.2 Å². The van der Waals surface area contributed by atoms with E-state index in [9.17, 15) is 54.1 Å². The summed E-state index contributed by atoms with van der Waals surface area (Å²) in [5.74, 6) is -17.7. The summed E-state index contributed by atoms with van der Waals surface area (Å²) in [4.78, 5) is 55.8. The fourth-order valence-electron chi connectivity index (χ4n) is 7.25. The van der Waals surface area contributed by atoms with E-state index in [0.29, 0.717) is 11.3 Å². The van der Waals surface area contributed by atoms with E-state index in [0.717, 1.165) is 27.6 Å². The number of aromatic nitrogens is 2. The van der Waals surface area contributed by atoms with Crippen LogP contribution in [0.5, 0.6) is 5.75 Å². The van der Waals surface area contributed by atoms with Crippen molar-refractivity contribution in [2.45, 2.75) is 37.9 Å². The van der Waals surface area contributed by atoms with Crippen LogP contribution in [0.3, 0.4) is 0 Å². The predicted octanol–water partition coefficient (Wildman–Crippen LogP) is 4.87. The molecule has 0 aliphatic heterocycles. The first-order valence-corrected chi connectivity index (χ1v) is 22.2. The first-order valence-electron chi connectivity index (χ1n) is 20.6. The number of hydrazine groups is 1. The van der Waals surface area contributed by atoms with Gasteiger partial charge < -0.3 is 34.1 Å². The molecule has 0 bridgehead atoms. The molecule has 0 saturated carbocycles. The van der Waals surface area contributed by atoms with Gasteiger partial charge in [0.25, 0.3) is 10.1 Å². The predicted molar refractivity (Wildman–Crippen MR) is 228 cm³/mol. The van der Waals surface area contributed by atoms with Crippen molar-refractivity contribution < 1.29 is 73.0 Å². The number of halogens is 5. The molecule has 0 spiro atoms. The van der Waals surface area contributed by atoms with Crippen LogP contribution in [0.1, 0.15) is 35.6 Å². The molecule has 358 valence electrons. The fraction of sp³-hybridized carbons (Fsp3) is 0.341. The van der Waals surface area contributed by atoms with Crippen molar-refractivity contribution in [3.63, 3.8) is 0 Å². The smallest absolute Gasteiger partial charge is 0.424 e. The summed E-state index contributed by atoms with van der Waals surface area (Å²) in [7, 11) is -1.50. The van der Waals surface area contributed by atoms with Gasteiger partial charge in [-0.05, 0) is 40.5 Å². The number of nitrogens with zero attached hydrogens (tertiary/aromatic N) is 4. The van der Waals surface area contributed by atoms with Crippen molar-refractivity contribution in [2.75, 3.05) is 59.4 Å². The Bertz CT molecular complexity index is 2670. The molecule has 17 nitrogen and oxygen atoms in total. The van der Waals surface area contributed by atoms with Gasteiger partial charge in [0.1, 0.15) is 24.0 Å². The second kappa shape index (κ2) is 22.3. The summed E-state index contributed by atoms with van der Waals surface area (Å²) < 4.78 is 123. The molecular formula is C44H45F5N6O11S. The van der Waals surface area contributed by atoms with Crippen LogP contribution in [0.4, 0.5) is 26.7 Å². The molecule has 1 aliphatic carbocycles. The van der Waals surface area contributed by atoms with Gasteiger partial charge in [-0.1, -0.05) is 48.5 Å². The summed E-state index contributed by atoms with van der Waals surface area (Å²) in [5.41, 5.74) is 5.52. The van der Waals surface area contributed by atoms with E-state index < -0.39 is 87.0 Å². The van der Waals surface area contributed by atoms with Crippen molar-refractivity contribution in [1.82, 2.24) is 30.2 Å². The Morgan fingerprint density at radius 3 is 2.07 bits per heavy atom. The molecule has 5 aromatic rings. The number of carbonyl (C=O) groups is 4. The normalized spacial score (nSPS) is 12.7. The number of fused-ring (bicyclic) bond motifs is 4. The first-order chi connectivity index (χ1) is 31.9. The maximum Gasteiger partial charge on any atom is 0.424 e. The SMILES string of the molecule is CN(Cc1cc2cccnc2n1CCC(=O)NC(CS(=O)(=O)O)C(=O)NCCOCCOCCC(=O)Oc1c(F)c(F)c(F)c(F)c1F)N(C)C(=O)OCC1c2ccccc2-c2ccccc21. The Hall–Kier alpha value is -6.53. The van der Waals surface area contributed by atoms with Gasteiger partial charge in [0.2, 0.25) is 46.6 Å². The maximum atomic E-state index is 13.7. The highest BCUT2D eigenvalue weighted by Crippen LogP contribution is 2.44. The van der Waals surface area contributed by atoms with Crippen molar-refractivity contribution in [2.24, 2.45) is 0 Å². The number of benzene rings is 3. The molecule has 2 heterocycles. The molecule has 1 unspecified atom stereocenters. The number of hydrogen-bond acceptors (Lipinski definition) is 12. The lowest BCUT2D eigenvalue weighted by Gasteiger charge is -2.28. The molecule has 3 amide bonds. The highest BCUT2D eigenvalue weighted by atomic mass is 32.2. The van der Waals surface area contributed by atoms with Gasteiger partial charge in [-0.25, -0.2) is 33.0 Å². The van der Waals surface area contributed by atoms with Crippen LogP contribution < -0.4 is 15.4 Å². The van der Waals surface area contributed by atoms with E-state index >= 15 is 0 Å². The zero-order valence-corrected chi connectivity index (χ0v) is 36.8. The van der Waals surface area contributed by atoms with Gasteiger partial charge in [0.15, 0.2) is 0 Å². The topological polar surface area (TPSA) is 208 Å².